The molecule has 2 aliphatic heterocycles. The van der Waals surface area contributed by atoms with Crippen molar-refractivity contribution in [1.29, 1.82) is 0 Å². The number of carbonyl (C=O) groups is 1. The summed E-state index contributed by atoms with van der Waals surface area (Å²) in [5, 5.41) is 10.6. The van der Waals surface area contributed by atoms with Gasteiger partial charge in [-0.05, 0) is 41.4 Å². The summed E-state index contributed by atoms with van der Waals surface area (Å²) in [4.78, 5) is 31.9. The summed E-state index contributed by atoms with van der Waals surface area (Å²) in [7, 11) is 1.43. The molecule has 5 rings (SSSR count). The average molecular weight is 484 g/mol. The number of pyridine rings is 1. The highest BCUT2D eigenvalue weighted by molar-refractivity contribution is 5.94. The van der Waals surface area contributed by atoms with Gasteiger partial charge in [-0.15, -0.1) is 15.1 Å². The molecule has 1 aromatic carbocycles. The van der Waals surface area contributed by atoms with E-state index in [2.05, 4.69) is 25.3 Å². The Hall–Kier alpha value is -4.09. The number of aromatic nitrogens is 3. The van der Waals surface area contributed by atoms with Crippen LogP contribution in [0.2, 0.25) is 0 Å². The zero-order chi connectivity index (χ0) is 24.7. The van der Waals surface area contributed by atoms with Crippen LogP contribution in [0.3, 0.4) is 0 Å². The van der Waals surface area contributed by atoms with Gasteiger partial charge in [0.1, 0.15) is 11.4 Å². The summed E-state index contributed by atoms with van der Waals surface area (Å²) in [6, 6.07) is 9.39. The van der Waals surface area contributed by atoms with E-state index in [0.29, 0.717) is 35.8 Å². The highest BCUT2D eigenvalue weighted by Crippen LogP contribution is 2.37. The summed E-state index contributed by atoms with van der Waals surface area (Å²) < 4.78 is 44.0. The Kier molecular flexibility index (Phi) is 5.58. The molecule has 0 N–H and O–H groups in total. The third-order valence-corrected chi connectivity index (χ3v) is 6.35. The van der Waals surface area contributed by atoms with Crippen molar-refractivity contribution in [2.45, 2.75) is 24.7 Å². The fourth-order valence-electron chi connectivity index (χ4n) is 4.64. The number of fused-ring (bicyclic) bond motifs is 2. The second-order valence-electron chi connectivity index (χ2n) is 8.34. The molecule has 0 saturated carbocycles. The number of nitroso groups, excluding NO2 is 1. The number of carbonyl (C=O) groups excluding carboxylic acids is 1. The Morgan fingerprint density at radius 1 is 1.09 bits per heavy atom. The molecular weight excluding hydrogens is 465 g/mol. The van der Waals surface area contributed by atoms with Crippen LogP contribution in [-0.4, -0.2) is 58.3 Å². The fraction of sp³-hybridized carbons (Fsp3) is 0.304. The van der Waals surface area contributed by atoms with Crippen molar-refractivity contribution in [2.24, 2.45) is 5.18 Å². The predicted octanol–water partition coefficient (Wildman–Crippen LogP) is 4.07. The zero-order valence-electron chi connectivity index (χ0n) is 18.4. The summed E-state index contributed by atoms with van der Waals surface area (Å²) in [6.07, 6.45) is -2.22. The van der Waals surface area contributed by atoms with Crippen LogP contribution in [0.25, 0.3) is 11.1 Å². The van der Waals surface area contributed by atoms with Crippen LogP contribution < -0.4 is 9.64 Å². The zero-order valence-corrected chi connectivity index (χ0v) is 18.4. The number of hydrogen-bond acceptors (Lipinski definition) is 8. The maximum absolute atomic E-state index is 13.2. The summed E-state index contributed by atoms with van der Waals surface area (Å²) >= 11 is 0. The van der Waals surface area contributed by atoms with Crippen LogP contribution in [-0.2, 0) is 6.18 Å². The number of likely N-dealkylation sites (tertiary alicyclic amines) is 1. The Balaban J connectivity index is 1.32. The van der Waals surface area contributed by atoms with E-state index < -0.39 is 11.7 Å². The van der Waals surface area contributed by atoms with Gasteiger partial charge in [0.05, 0.1) is 24.8 Å². The van der Waals surface area contributed by atoms with Crippen LogP contribution in [0.5, 0.6) is 5.75 Å². The van der Waals surface area contributed by atoms with E-state index in [1.807, 2.05) is 0 Å². The van der Waals surface area contributed by atoms with E-state index in [1.165, 1.54) is 37.6 Å². The number of hydrogen-bond donors (Lipinski definition) is 0. The third-order valence-electron chi connectivity index (χ3n) is 6.35. The number of ether oxygens (including phenoxy) is 1. The van der Waals surface area contributed by atoms with Crippen molar-refractivity contribution < 1.29 is 22.7 Å². The second kappa shape index (κ2) is 8.60. The standard InChI is InChI=1S/C23H19F3N6O3/c1-35-19-9-18(27-10-17(19)13-2-4-14(5-3-13)23(24,25)26)22(33)32-12-15-8-16(32)11-31(15)21-7-6-20(30-34)28-29-21/h2-7,9-10,15-16H,8,11-12H2,1H3/t15-,16-/m0/s1. The number of amides is 1. The molecule has 2 saturated heterocycles. The number of anilines is 1. The summed E-state index contributed by atoms with van der Waals surface area (Å²) in [6.45, 7) is 1.04. The fourth-order valence-corrected chi connectivity index (χ4v) is 4.64. The molecule has 3 aromatic rings. The van der Waals surface area contributed by atoms with Gasteiger partial charge in [-0.3, -0.25) is 9.78 Å². The molecule has 0 aliphatic carbocycles. The number of nitrogens with zero attached hydrogens (tertiary/aromatic N) is 6. The first-order valence-electron chi connectivity index (χ1n) is 10.7. The molecule has 35 heavy (non-hydrogen) atoms. The van der Waals surface area contributed by atoms with Crippen LogP contribution in [0.4, 0.5) is 24.8 Å². The number of benzene rings is 1. The van der Waals surface area contributed by atoms with Crippen LogP contribution >= 0.6 is 0 Å². The third kappa shape index (κ3) is 4.15. The molecule has 2 atom stereocenters. The predicted molar refractivity (Wildman–Crippen MR) is 119 cm³/mol. The molecule has 2 bridgehead atoms. The minimum Gasteiger partial charge on any atom is -0.496 e. The molecule has 2 aliphatic rings. The van der Waals surface area contributed by atoms with E-state index in [4.69, 9.17) is 4.74 Å². The van der Waals surface area contributed by atoms with Crippen LogP contribution in [0.1, 0.15) is 22.5 Å². The van der Waals surface area contributed by atoms with Crippen molar-refractivity contribution in [3.05, 3.63) is 64.8 Å². The smallest absolute Gasteiger partial charge is 0.416 e. The first-order valence-corrected chi connectivity index (χ1v) is 10.7. The highest BCUT2D eigenvalue weighted by atomic mass is 19.4. The second-order valence-corrected chi connectivity index (χ2v) is 8.34. The summed E-state index contributed by atoms with van der Waals surface area (Å²) in [5.74, 6) is 0.724. The molecule has 12 heteroatoms. The molecule has 180 valence electrons. The number of methoxy groups -OCH3 is 1. The molecule has 4 heterocycles. The SMILES string of the molecule is COc1cc(C(=O)N2C[C@@H]3C[C@H]2CN3c2ccc(N=O)nn2)ncc1-c1ccc(C(F)(F)F)cc1. The van der Waals surface area contributed by atoms with Gasteiger partial charge < -0.3 is 14.5 Å². The topological polar surface area (TPSA) is 101 Å². The van der Waals surface area contributed by atoms with Gasteiger partial charge in [-0.1, -0.05) is 12.1 Å². The normalized spacial score (nSPS) is 19.2. The maximum Gasteiger partial charge on any atom is 0.416 e. The maximum atomic E-state index is 13.2. The van der Waals surface area contributed by atoms with E-state index in [9.17, 15) is 22.9 Å². The van der Waals surface area contributed by atoms with Gasteiger partial charge in [-0.2, -0.15) is 13.2 Å². The molecule has 2 fully saturated rings. The molecule has 1 amide bonds. The van der Waals surface area contributed by atoms with Gasteiger partial charge >= 0.3 is 6.18 Å². The van der Waals surface area contributed by atoms with Gasteiger partial charge in [0, 0.05) is 30.9 Å². The quantitative estimate of drug-likeness (QED) is 0.503. The van der Waals surface area contributed by atoms with Crippen molar-refractivity contribution >= 4 is 17.5 Å². The minimum absolute atomic E-state index is 0.00896. The van der Waals surface area contributed by atoms with Crippen molar-refractivity contribution in [2.75, 3.05) is 25.1 Å². The molecule has 0 radical (unpaired) electrons. The van der Waals surface area contributed by atoms with Crippen molar-refractivity contribution in [1.82, 2.24) is 20.1 Å². The first kappa shape index (κ1) is 22.7. The first-order chi connectivity index (χ1) is 16.8. The highest BCUT2D eigenvalue weighted by Gasteiger charge is 2.46. The Bertz CT molecular complexity index is 1270. The molecule has 0 spiro atoms. The molecule has 0 unspecified atom stereocenters. The lowest BCUT2D eigenvalue weighted by Crippen LogP contribution is -2.49. The molecule has 9 nitrogen and oxygen atoms in total. The molecule has 2 aromatic heterocycles. The van der Waals surface area contributed by atoms with E-state index in [0.717, 1.165) is 18.6 Å². The van der Waals surface area contributed by atoms with Gasteiger partial charge in [0.15, 0.2) is 5.82 Å². The number of halogens is 3. The Morgan fingerprint density at radius 3 is 2.43 bits per heavy atom. The van der Waals surface area contributed by atoms with Gasteiger partial charge in [0.2, 0.25) is 5.82 Å². The largest absolute Gasteiger partial charge is 0.496 e. The minimum atomic E-state index is -4.43. The number of rotatable bonds is 5. The molecular formula is C23H19F3N6O3. The Morgan fingerprint density at radius 2 is 1.86 bits per heavy atom. The summed E-state index contributed by atoms with van der Waals surface area (Å²) in [5.41, 5.74) is 0.422. The number of alkyl halides is 3. The van der Waals surface area contributed by atoms with Crippen LogP contribution in [0.15, 0.2) is 53.8 Å². The van der Waals surface area contributed by atoms with Crippen molar-refractivity contribution in [3.63, 3.8) is 0 Å². The van der Waals surface area contributed by atoms with Crippen molar-refractivity contribution in [3.8, 4) is 16.9 Å². The average Bonchev–Trinajstić information content (AvgIpc) is 3.49. The lowest BCUT2D eigenvalue weighted by Gasteiger charge is -2.34. The van der Waals surface area contributed by atoms with Gasteiger partial charge in [-0.25, -0.2) is 0 Å². The van der Waals surface area contributed by atoms with E-state index in [-0.39, 0.29) is 29.5 Å². The van der Waals surface area contributed by atoms with Gasteiger partial charge in [0.25, 0.3) is 5.91 Å². The Labute approximate surface area is 197 Å². The lowest BCUT2D eigenvalue weighted by atomic mass is 10.0. The lowest BCUT2D eigenvalue weighted by molar-refractivity contribution is -0.137. The van der Waals surface area contributed by atoms with Crippen LogP contribution in [0, 0.1) is 4.91 Å². The van der Waals surface area contributed by atoms with E-state index >= 15 is 0 Å². The number of piperazine rings is 1. The van der Waals surface area contributed by atoms with E-state index in [1.54, 1.807) is 11.0 Å². The monoisotopic (exact) mass is 484 g/mol.